The number of hydrogen-bond donors (Lipinski definition) is 2. The van der Waals surface area contributed by atoms with Crippen molar-refractivity contribution >= 4 is 40.6 Å². The molecular weight excluding hydrogens is 556 g/mol. The van der Waals surface area contributed by atoms with E-state index in [9.17, 15) is 14.4 Å². The van der Waals surface area contributed by atoms with Crippen molar-refractivity contribution in [3.8, 4) is 11.4 Å². The van der Waals surface area contributed by atoms with Crippen molar-refractivity contribution in [3.63, 3.8) is 0 Å². The maximum atomic E-state index is 13.1. The number of ether oxygens (including phenoxy) is 3. The number of anilines is 1. The number of nitrogens with one attached hydrogen (secondary N) is 2. The Labute approximate surface area is 240 Å². The van der Waals surface area contributed by atoms with Crippen LogP contribution in [-0.4, -0.2) is 68.2 Å². The molecule has 40 heavy (non-hydrogen) atoms. The standard InChI is InChI=1S/C28H31ClN4O6S/c1-18-14-19(33-17-21(39-28(33)36)16-31-26(34)24-8-9-25(29)40-24)6-7-22(18)32-11-2-5-23(27(32)35)38-13-10-30-15-20-4-3-12-37-20/h2,5-9,11,14,20-21,30H,3-4,10,12-13,15-17H2,1H3,(H,31,34)/t20?,21-/m0/s1. The summed E-state index contributed by atoms with van der Waals surface area (Å²) in [7, 11) is 0. The molecule has 0 radical (unpaired) electrons. The number of thiophene rings is 1. The SMILES string of the molecule is Cc1cc(N2C[C@H](CNC(=O)c3ccc(Cl)s3)OC2=O)ccc1-n1cccc(OCCNCC2CCCO2)c1=O. The van der Waals surface area contributed by atoms with Gasteiger partial charge < -0.3 is 24.8 Å². The first-order valence-corrected chi connectivity index (χ1v) is 14.4. The van der Waals surface area contributed by atoms with E-state index in [0.29, 0.717) is 33.7 Å². The molecule has 10 nitrogen and oxygen atoms in total. The first-order chi connectivity index (χ1) is 19.4. The predicted molar refractivity (Wildman–Crippen MR) is 153 cm³/mol. The molecule has 2 aliphatic rings. The summed E-state index contributed by atoms with van der Waals surface area (Å²) < 4.78 is 18.9. The van der Waals surface area contributed by atoms with E-state index in [2.05, 4.69) is 10.6 Å². The summed E-state index contributed by atoms with van der Waals surface area (Å²) in [6, 6.07) is 12.1. The van der Waals surface area contributed by atoms with Gasteiger partial charge in [-0.3, -0.25) is 19.1 Å². The van der Waals surface area contributed by atoms with E-state index in [1.54, 1.807) is 42.6 Å². The van der Waals surface area contributed by atoms with Crippen LogP contribution in [0.1, 0.15) is 28.1 Å². The highest BCUT2D eigenvalue weighted by atomic mass is 35.5. The van der Waals surface area contributed by atoms with Gasteiger partial charge >= 0.3 is 6.09 Å². The third kappa shape index (κ3) is 6.67. The molecule has 2 amide bonds. The lowest BCUT2D eigenvalue weighted by Gasteiger charge is -2.17. The summed E-state index contributed by atoms with van der Waals surface area (Å²) in [6.45, 7) is 4.91. The van der Waals surface area contributed by atoms with Gasteiger partial charge in [0.25, 0.3) is 11.5 Å². The molecule has 2 fully saturated rings. The van der Waals surface area contributed by atoms with Crippen molar-refractivity contribution in [2.24, 2.45) is 0 Å². The van der Waals surface area contributed by atoms with Crippen LogP contribution in [0.15, 0.2) is 53.5 Å². The number of aryl methyl sites for hydroxylation is 1. The maximum Gasteiger partial charge on any atom is 0.414 e. The average molecular weight is 587 g/mol. The molecule has 2 aliphatic heterocycles. The first-order valence-electron chi connectivity index (χ1n) is 13.2. The summed E-state index contributed by atoms with van der Waals surface area (Å²) in [5.74, 6) is 0.000841. The van der Waals surface area contributed by atoms with Crippen LogP contribution in [0.25, 0.3) is 5.69 Å². The minimum atomic E-state index is -0.497. The molecular formula is C28H31ClN4O6S. The average Bonchev–Trinajstić information content (AvgIpc) is 3.70. The lowest BCUT2D eigenvalue weighted by Crippen LogP contribution is -2.34. The zero-order valence-corrected chi connectivity index (χ0v) is 23.6. The number of benzene rings is 1. The number of carbonyl (C=O) groups excluding carboxylic acids is 2. The molecule has 1 aromatic carbocycles. The van der Waals surface area contributed by atoms with Crippen molar-refractivity contribution < 1.29 is 23.8 Å². The second-order valence-corrected chi connectivity index (χ2v) is 11.4. The molecule has 0 bridgehead atoms. The van der Waals surface area contributed by atoms with Gasteiger partial charge in [-0.1, -0.05) is 11.6 Å². The number of amides is 2. The van der Waals surface area contributed by atoms with Gasteiger partial charge in [0.2, 0.25) is 0 Å². The van der Waals surface area contributed by atoms with Crippen LogP contribution >= 0.6 is 22.9 Å². The van der Waals surface area contributed by atoms with E-state index < -0.39 is 12.2 Å². The molecule has 4 heterocycles. The van der Waals surface area contributed by atoms with E-state index in [-0.39, 0.29) is 36.4 Å². The van der Waals surface area contributed by atoms with Gasteiger partial charge in [0, 0.05) is 31.6 Å². The van der Waals surface area contributed by atoms with Crippen LogP contribution in [-0.2, 0) is 9.47 Å². The Hall–Kier alpha value is -3.38. The minimum absolute atomic E-state index is 0.180. The van der Waals surface area contributed by atoms with Gasteiger partial charge in [-0.15, -0.1) is 11.3 Å². The summed E-state index contributed by atoms with van der Waals surface area (Å²) in [4.78, 5) is 40.0. The van der Waals surface area contributed by atoms with E-state index >= 15 is 0 Å². The number of rotatable bonds is 11. The monoisotopic (exact) mass is 586 g/mol. The van der Waals surface area contributed by atoms with Crippen molar-refractivity contribution in [3.05, 3.63) is 73.8 Å². The van der Waals surface area contributed by atoms with E-state index in [4.69, 9.17) is 25.8 Å². The fraction of sp³-hybridized carbons (Fsp3) is 0.393. The summed E-state index contributed by atoms with van der Waals surface area (Å²) >= 11 is 7.08. The molecule has 2 saturated heterocycles. The number of hydrogen-bond acceptors (Lipinski definition) is 8. The van der Waals surface area contributed by atoms with E-state index in [0.717, 1.165) is 31.6 Å². The largest absolute Gasteiger partial charge is 0.487 e. The highest BCUT2D eigenvalue weighted by Gasteiger charge is 2.33. The lowest BCUT2D eigenvalue weighted by molar-refractivity contribution is 0.0920. The Kier molecular flexibility index (Phi) is 9.05. The Morgan fingerprint density at radius 1 is 1.18 bits per heavy atom. The molecule has 0 saturated carbocycles. The van der Waals surface area contributed by atoms with Crippen molar-refractivity contribution in [2.45, 2.75) is 32.0 Å². The van der Waals surface area contributed by atoms with E-state index in [1.165, 1.54) is 20.8 Å². The number of aromatic nitrogens is 1. The topological polar surface area (TPSA) is 111 Å². The van der Waals surface area contributed by atoms with Crippen LogP contribution < -0.4 is 25.8 Å². The summed E-state index contributed by atoms with van der Waals surface area (Å²) in [6.07, 6.45) is 3.12. The van der Waals surface area contributed by atoms with Crippen LogP contribution in [0.5, 0.6) is 5.75 Å². The Balaban J connectivity index is 1.18. The summed E-state index contributed by atoms with van der Waals surface area (Å²) in [5, 5.41) is 6.09. The molecule has 0 aliphatic carbocycles. The van der Waals surface area contributed by atoms with Crippen LogP contribution in [0.2, 0.25) is 4.34 Å². The van der Waals surface area contributed by atoms with Crippen LogP contribution in [0.4, 0.5) is 10.5 Å². The van der Waals surface area contributed by atoms with Crippen molar-refractivity contribution in [2.75, 3.05) is 44.3 Å². The maximum absolute atomic E-state index is 13.1. The molecule has 5 rings (SSSR count). The molecule has 12 heteroatoms. The molecule has 2 N–H and O–H groups in total. The smallest absolute Gasteiger partial charge is 0.414 e. The Morgan fingerprint density at radius 2 is 2.05 bits per heavy atom. The highest BCUT2D eigenvalue weighted by Crippen LogP contribution is 2.26. The van der Waals surface area contributed by atoms with Crippen molar-refractivity contribution in [1.82, 2.24) is 15.2 Å². The van der Waals surface area contributed by atoms with Gasteiger partial charge in [-0.05, 0) is 67.8 Å². The van der Waals surface area contributed by atoms with Gasteiger partial charge in [0.15, 0.2) is 5.75 Å². The van der Waals surface area contributed by atoms with Crippen LogP contribution in [0.3, 0.4) is 0 Å². The zero-order chi connectivity index (χ0) is 28.1. The Morgan fingerprint density at radius 3 is 2.80 bits per heavy atom. The molecule has 2 aromatic heterocycles. The Bertz CT molecular complexity index is 1420. The minimum Gasteiger partial charge on any atom is -0.487 e. The summed E-state index contributed by atoms with van der Waals surface area (Å²) in [5.41, 5.74) is 1.86. The predicted octanol–water partition coefficient (Wildman–Crippen LogP) is 3.76. The van der Waals surface area contributed by atoms with Gasteiger partial charge in [0.1, 0.15) is 12.7 Å². The second kappa shape index (κ2) is 12.9. The fourth-order valence-corrected chi connectivity index (χ4v) is 5.68. The quantitative estimate of drug-likeness (QED) is 0.329. The third-order valence-corrected chi connectivity index (χ3v) is 7.99. The molecule has 1 unspecified atom stereocenters. The van der Waals surface area contributed by atoms with Gasteiger partial charge in [-0.25, -0.2) is 4.79 Å². The first kappa shape index (κ1) is 28.2. The third-order valence-electron chi connectivity index (χ3n) is 6.76. The normalized spacial score (nSPS) is 18.6. The second-order valence-electron chi connectivity index (χ2n) is 9.64. The number of pyridine rings is 1. The molecule has 212 valence electrons. The number of carbonyl (C=O) groups is 2. The molecule has 2 atom stereocenters. The van der Waals surface area contributed by atoms with Gasteiger partial charge in [0.05, 0.1) is 34.1 Å². The lowest BCUT2D eigenvalue weighted by atomic mass is 10.1. The van der Waals surface area contributed by atoms with Gasteiger partial charge in [-0.2, -0.15) is 0 Å². The highest BCUT2D eigenvalue weighted by molar-refractivity contribution is 7.18. The zero-order valence-electron chi connectivity index (χ0n) is 22.1. The molecule has 0 spiro atoms. The number of cyclic esters (lactones) is 1. The number of nitrogens with zero attached hydrogens (tertiary/aromatic N) is 2. The van der Waals surface area contributed by atoms with Crippen molar-refractivity contribution in [1.29, 1.82) is 0 Å². The number of halogens is 1. The fourth-order valence-electron chi connectivity index (χ4n) is 4.72. The molecule has 3 aromatic rings. The van der Waals surface area contributed by atoms with Crippen LogP contribution in [0, 0.1) is 6.92 Å². The van der Waals surface area contributed by atoms with E-state index in [1.807, 2.05) is 13.0 Å².